The number of piperazine rings is 1. The van der Waals surface area contributed by atoms with Crippen molar-refractivity contribution in [3.8, 4) is 0 Å². The fourth-order valence-electron chi connectivity index (χ4n) is 3.47. The third kappa shape index (κ3) is 7.71. The quantitative estimate of drug-likeness (QED) is 0.477. The Balaban J connectivity index is 0.000000241. The molecule has 1 fully saturated rings. The van der Waals surface area contributed by atoms with Crippen molar-refractivity contribution in [3.05, 3.63) is 53.5 Å². The van der Waals surface area contributed by atoms with Crippen LogP contribution in [0.1, 0.15) is 51.7 Å². The van der Waals surface area contributed by atoms with E-state index in [2.05, 4.69) is 38.9 Å². The van der Waals surface area contributed by atoms with Crippen molar-refractivity contribution >= 4 is 23.3 Å². The van der Waals surface area contributed by atoms with Gasteiger partial charge in [-0.2, -0.15) is 5.10 Å². The molecule has 1 saturated heterocycles. The lowest BCUT2D eigenvalue weighted by molar-refractivity contribution is -0.131. The van der Waals surface area contributed by atoms with Gasteiger partial charge in [-0.1, -0.05) is 20.8 Å². The number of amidine groups is 1. The lowest BCUT2D eigenvalue weighted by Gasteiger charge is -2.35. The first kappa shape index (κ1) is 27.1. The summed E-state index contributed by atoms with van der Waals surface area (Å²) >= 11 is 0. The predicted octanol–water partition coefficient (Wildman–Crippen LogP) is 4.55. The van der Waals surface area contributed by atoms with Crippen LogP contribution in [0.5, 0.6) is 0 Å². The molecular formula is C26H37FN6O. The minimum Gasteiger partial charge on any atom is -0.352 e. The third-order valence-corrected chi connectivity index (χ3v) is 6.05. The number of aryl methyl sites for hydroxylation is 1. The van der Waals surface area contributed by atoms with Crippen molar-refractivity contribution in [2.75, 3.05) is 38.1 Å². The summed E-state index contributed by atoms with van der Waals surface area (Å²) in [6.45, 7) is 13.2. The van der Waals surface area contributed by atoms with Gasteiger partial charge in [0.15, 0.2) is 11.7 Å². The number of nitrogens with zero attached hydrogens (tertiary/aromatic N) is 6. The summed E-state index contributed by atoms with van der Waals surface area (Å²) in [6.07, 6.45) is 3.31. The van der Waals surface area contributed by atoms with E-state index in [0.717, 1.165) is 49.7 Å². The van der Waals surface area contributed by atoms with Gasteiger partial charge in [-0.05, 0) is 62.1 Å². The molecule has 1 unspecified atom stereocenters. The Morgan fingerprint density at radius 2 is 1.88 bits per heavy atom. The van der Waals surface area contributed by atoms with Crippen molar-refractivity contribution in [1.82, 2.24) is 15.1 Å². The molecule has 2 heterocycles. The van der Waals surface area contributed by atoms with E-state index in [9.17, 15) is 9.18 Å². The second kappa shape index (κ2) is 13.5. The minimum atomic E-state index is -0.197. The molecule has 1 aromatic heterocycles. The Bertz CT molecular complexity index is 984. The smallest absolute Gasteiger partial charge is 0.222 e. The molecule has 3 rings (SSSR count). The Morgan fingerprint density at radius 3 is 2.41 bits per heavy atom. The van der Waals surface area contributed by atoms with Crippen molar-refractivity contribution in [1.29, 1.82) is 0 Å². The third-order valence-electron chi connectivity index (χ3n) is 6.05. The number of anilines is 1. The summed E-state index contributed by atoms with van der Waals surface area (Å²) < 4.78 is 13.2. The maximum Gasteiger partial charge on any atom is 0.222 e. The number of rotatable bonds is 5. The largest absolute Gasteiger partial charge is 0.352 e. The highest BCUT2D eigenvalue weighted by Gasteiger charge is 2.20. The Kier molecular flexibility index (Phi) is 10.8. The van der Waals surface area contributed by atoms with E-state index in [-0.39, 0.29) is 11.7 Å². The molecule has 1 aliphatic rings. The van der Waals surface area contributed by atoms with Gasteiger partial charge in [0.05, 0.1) is 0 Å². The molecule has 0 spiro atoms. The van der Waals surface area contributed by atoms with Crippen molar-refractivity contribution in [2.45, 2.75) is 47.5 Å². The van der Waals surface area contributed by atoms with Gasteiger partial charge in [0.2, 0.25) is 5.91 Å². The Morgan fingerprint density at radius 1 is 1.18 bits per heavy atom. The number of carbonyl (C=O) groups is 1. The number of aliphatic imine (C=N–C) groups is 2. The zero-order valence-corrected chi connectivity index (χ0v) is 21.3. The highest BCUT2D eigenvalue weighted by Crippen LogP contribution is 2.13. The summed E-state index contributed by atoms with van der Waals surface area (Å²) in [6, 6.07) is 8.79. The molecule has 0 aliphatic carbocycles. The summed E-state index contributed by atoms with van der Waals surface area (Å²) in [7, 11) is 1.71. The number of carbonyl (C=O) groups excluding carboxylic acids is 1. The van der Waals surface area contributed by atoms with Gasteiger partial charge in [-0.15, -0.1) is 5.10 Å². The average Bonchev–Trinajstić information content (AvgIpc) is 2.88. The van der Waals surface area contributed by atoms with E-state index in [0.29, 0.717) is 23.7 Å². The molecule has 7 nitrogen and oxygen atoms in total. The van der Waals surface area contributed by atoms with Crippen molar-refractivity contribution in [2.24, 2.45) is 15.9 Å². The number of halogens is 1. The summed E-state index contributed by atoms with van der Waals surface area (Å²) in [4.78, 5) is 24.3. The summed E-state index contributed by atoms with van der Waals surface area (Å²) in [5.74, 6) is 2.03. The van der Waals surface area contributed by atoms with Crippen LogP contribution in [0.2, 0.25) is 0 Å². The van der Waals surface area contributed by atoms with Gasteiger partial charge >= 0.3 is 0 Å². The van der Waals surface area contributed by atoms with Gasteiger partial charge in [-0.3, -0.25) is 9.79 Å². The average molecular weight is 469 g/mol. The standard InChI is InChI=1S/C15H21FN2.C11H16N4O/c1-6-10(2)12(4)18-15(17-5)13-7-8-14(16)11(3)9-13;1-2-11(16)15-8-6-14(7-9-15)10-4-3-5-12-13-10/h7-10H,6H2,1-5H3;3-5H,2,6-9H2,1H3. The number of hydrogen-bond acceptors (Lipinski definition) is 5. The molecule has 0 N–H and O–H groups in total. The van der Waals surface area contributed by atoms with Crippen LogP contribution in [-0.2, 0) is 4.79 Å². The van der Waals surface area contributed by atoms with Crippen LogP contribution in [-0.4, -0.2) is 65.8 Å². The van der Waals surface area contributed by atoms with Crippen LogP contribution in [0.25, 0.3) is 0 Å². The highest BCUT2D eigenvalue weighted by atomic mass is 19.1. The van der Waals surface area contributed by atoms with Crippen LogP contribution >= 0.6 is 0 Å². The first-order chi connectivity index (χ1) is 16.3. The normalized spacial score (nSPS) is 15.5. The van der Waals surface area contributed by atoms with Gasteiger partial charge in [0.25, 0.3) is 0 Å². The van der Waals surface area contributed by atoms with E-state index in [1.54, 1.807) is 32.3 Å². The number of aromatic nitrogens is 2. The predicted molar refractivity (Wildman–Crippen MR) is 137 cm³/mol. The van der Waals surface area contributed by atoms with Crippen molar-refractivity contribution in [3.63, 3.8) is 0 Å². The minimum absolute atomic E-state index is 0.197. The molecule has 2 aromatic rings. The van der Waals surface area contributed by atoms with E-state index in [1.807, 2.05) is 30.9 Å². The second-order valence-corrected chi connectivity index (χ2v) is 8.38. The monoisotopic (exact) mass is 468 g/mol. The van der Waals surface area contributed by atoms with E-state index in [1.165, 1.54) is 6.07 Å². The van der Waals surface area contributed by atoms with Gasteiger partial charge < -0.3 is 9.80 Å². The van der Waals surface area contributed by atoms with E-state index >= 15 is 0 Å². The zero-order chi connectivity index (χ0) is 25.1. The van der Waals surface area contributed by atoms with Crippen molar-refractivity contribution < 1.29 is 9.18 Å². The van der Waals surface area contributed by atoms with Gasteiger partial charge in [0.1, 0.15) is 5.82 Å². The second-order valence-electron chi connectivity index (χ2n) is 8.38. The molecule has 34 heavy (non-hydrogen) atoms. The molecular weight excluding hydrogens is 431 g/mol. The number of benzene rings is 1. The first-order valence-electron chi connectivity index (χ1n) is 11.9. The molecule has 1 atom stereocenters. The topological polar surface area (TPSA) is 74.1 Å². The van der Waals surface area contributed by atoms with E-state index < -0.39 is 0 Å². The lowest BCUT2D eigenvalue weighted by atomic mass is 10.0. The molecule has 1 aliphatic heterocycles. The van der Waals surface area contributed by atoms with Crippen LogP contribution in [0.4, 0.5) is 10.2 Å². The first-order valence-corrected chi connectivity index (χ1v) is 11.9. The maximum atomic E-state index is 13.2. The van der Waals surface area contributed by atoms with Gasteiger partial charge in [0, 0.05) is 57.1 Å². The molecule has 1 amide bonds. The molecule has 0 bridgehead atoms. The molecule has 184 valence electrons. The molecule has 0 radical (unpaired) electrons. The summed E-state index contributed by atoms with van der Waals surface area (Å²) in [5, 5.41) is 7.92. The molecule has 1 aromatic carbocycles. The van der Waals surface area contributed by atoms with Crippen LogP contribution in [0.15, 0.2) is 46.5 Å². The maximum absolute atomic E-state index is 13.2. The SMILES string of the molecule is CCC(=O)N1CCN(c2cccnn2)CC1.CCC(C)C(C)=NC(=NC)c1ccc(F)c(C)c1. The molecule has 0 saturated carbocycles. The Hall–Kier alpha value is -3.16. The van der Waals surface area contributed by atoms with Crippen LogP contribution in [0, 0.1) is 18.7 Å². The lowest BCUT2D eigenvalue weighted by Crippen LogP contribution is -2.48. The fraction of sp³-hybridized carbons (Fsp3) is 0.500. The highest BCUT2D eigenvalue weighted by molar-refractivity contribution is 6.06. The summed E-state index contributed by atoms with van der Waals surface area (Å²) in [5.41, 5.74) is 2.53. The number of hydrogen-bond donors (Lipinski definition) is 0. The fourth-order valence-corrected chi connectivity index (χ4v) is 3.47. The number of amides is 1. The Labute approximate surface area is 202 Å². The zero-order valence-electron chi connectivity index (χ0n) is 21.3. The molecule has 8 heteroatoms. The van der Waals surface area contributed by atoms with E-state index in [4.69, 9.17) is 0 Å². The van der Waals surface area contributed by atoms with Crippen LogP contribution < -0.4 is 4.90 Å². The van der Waals surface area contributed by atoms with Gasteiger partial charge in [-0.25, -0.2) is 9.38 Å². The van der Waals surface area contributed by atoms with Crippen LogP contribution in [0.3, 0.4) is 0 Å².